The van der Waals surface area contributed by atoms with Crippen molar-refractivity contribution in [1.82, 2.24) is 0 Å². The maximum absolute atomic E-state index is 11.5. The molecule has 0 heterocycles. The van der Waals surface area contributed by atoms with Gasteiger partial charge in [0.15, 0.2) is 0 Å². The summed E-state index contributed by atoms with van der Waals surface area (Å²) in [6.07, 6.45) is -1.02. The minimum atomic E-state index is -4.64. The number of carbonyl (C=O) groups excluding carboxylic acids is 1. The number of hydrogen-bond donors (Lipinski definition) is 0. The molecule has 15 heavy (non-hydrogen) atoms. The molecule has 0 rings (SSSR count). The summed E-state index contributed by atoms with van der Waals surface area (Å²) in [5, 5.41) is 0. The van der Waals surface area contributed by atoms with E-state index < -0.39 is 12.1 Å². The third-order valence-corrected chi connectivity index (χ3v) is 1.54. The number of ether oxygens (including phenoxy) is 1. The molecule has 0 aromatic heterocycles. The minimum absolute atomic E-state index is 0.130. The Labute approximate surface area is 86.8 Å². The fourth-order valence-corrected chi connectivity index (χ4v) is 0.852. The van der Waals surface area contributed by atoms with E-state index in [1.807, 2.05) is 6.92 Å². The highest BCUT2D eigenvalue weighted by atomic mass is 19.4. The molecule has 0 aliphatic rings. The summed E-state index contributed by atoms with van der Waals surface area (Å²) >= 11 is 0. The Morgan fingerprint density at radius 2 is 1.93 bits per heavy atom. The van der Waals surface area contributed by atoms with Crippen molar-refractivity contribution in [2.24, 2.45) is 0 Å². The van der Waals surface area contributed by atoms with Crippen molar-refractivity contribution >= 4 is 5.97 Å². The van der Waals surface area contributed by atoms with Crippen LogP contribution in [0.1, 0.15) is 32.6 Å². The first kappa shape index (κ1) is 13.8. The Hall–Kier alpha value is -1.18. The van der Waals surface area contributed by atoms with Gasteiger partial charge in [0.1, 0.15) is 0 Å². The van der Waals surface area contributed by atoms with Gasteiger partial charge in [0, 0.05) is 11.8 Å². The second-order valence-electron chi connectivity index (χ2n) is 2.94. The quantitative estimate of drug-likeness (QED) is 0.309. The molecular weight excluding hydrogens is 209 g/mol. The van der Waals surface area contributed by atoms with E-state index in [0.717, 1.165) is 25.2 Å². The molecule has 0 aromatic carbocycles. The van der Waals surface area contributed by atoms with E-state index in [9.17, 15) is 18.0 Å². The molecule has 0 atom stereocenters. The zero-order valence-electron chi connectivity index (χ0n) is 8.49. The lowest BCUT2D eigenvalue weighted by Crippen LogP contribution is -2.07. The van der Waals surface area contributed by atoms with Gasteiger partial charge in [-0.15, -0.1) is 0 Å². The van der Waals surface area contributed by atoms with E-state index in [1.165, 1.54) is 5.92 Å². The molecule has 0 radical (unpaired) electrons. The number of alkyl halides is 3. The normalized spacial score (nSPS) is 10.4. The van der Waals surface area contributed by atoms with E-state index in [1.54, 1.807) is 0 Å². The Morgan fingerprint density at radius 3 is 2.47 bits per heavy atom. The Kier molecular flexibility index (Phi) is 6.59. The van der Waals surface area contributed by atoms with Crippen molar-refractivity contribution in [2.45, 2.75) is 38.8 Å². The lowest BCUT2D eigenvalue weighted by molar-refractivity contribution is -0.137. The largest absolute Gasteiger partial charge is 0.458 e. The third-order valence-electron chi connectivity index (χ3n) is 1.54. The molecule has 2 nitrogen and oxygen atoms in total. The molecule has 0 amide bonds. The Balaban J connectivity index is 3.61. The topological polar surface area (TPSA) is 26.3 Å². The molecule has 5 heteroatoms. The van der Waals surface area contributed by atoms with Gasteiger partial charge >= 0.3 is 12.1 Å². The summed E-state index contributed by atoms with van der Waals surface area (Å²) in [5.41, 5.74) is 0. The molecule has 0 fully saturated rings. The number of carbonyl (C=O) groups is 1. The summed E-state index contributed by atoms with van der Waals surface area (Å²) in [6, 6.07) is 0. The first-order chi connectivity index (χ1) is 6.95. The highest BCUT2D eigenvalue weighted by molar-refractivity contribution is 5.88. The highest BCUT2D eigenvalue weighted by Gasteiger charge is 2.23. The molecule has 0 saturated carbocycles. The van der Waals surface area contributed by atoms with Crippen molar-refractivity contribution in [2.75, 3.05) is 6.61 Å². The predicted octanol–water partition coefficient (Wildman–Crippen LogP) is 2.68. The van der Waals surface area contributed by atoms with Gasteiger partial charge in [0.25, 0.3) is 0 Å². The molecular formula is C10H13F3O2. The fraction of sp³-hybridized carbons (Fsp3) is 0.700. The molecule has 0 unspecified atom stereocenters. The maximum atomic E-state index is 11.5. The molecule has 0 N–H and O–H groups in total. The summed E-state index contributed by atoms with van der Waals surface area (Å²) in [4.78, 5) is 10.6. The van der Waals surface area contributed by atoms with Gasteiger partial charge in [-0.1, -0.05) is 26.2 Å². The second kappa shape index (κ2) is 7.16. The summed E-state index contributed by atoms with van der Waals surface area (Å²) < 4.78 is 39.0. The van der Waals surface area contributed by atoms with Gasteiger partial charge in [-0.25, -0.2) is 4.79 Å². The summed E-state index contributed by atoms with van der Waals surface area (Å²) in [7, 11) is 0. The molecule has 0 saturated heterocycles. The van der Waals surface area contributed by atoms with Crippen LogP contribution in [0.3, 0.4) is 0 Å². The average molecular weight is 222 g/mol. The number of esters is 1. The van der Waals surface area contributed by atoms with E-state index >= 15 is 0 Å². The molecule has 0 aromatic rings. The van der Waals surface area contributed by atoms with Gasteiger partial charge in [0.2, 0.25) is 0 Å². The van der Waals surface area contributed by atoms with Crippen LogP contribution in [0, 0.1) is 11.8 Å². The number of unbranched alkanes of at least 4 members (excludes halogenated alkanes) is 3. The average Bonchev–Trinajstić information content (AvgIpc) is 2.13. The molecule has 0 spiro atoms. The van der Waals surface area contributed by atoms with Crippen LogP contribution >= 0.6 is 0 Å². The van der Waals surface area contributed by atoms with Crippen LogP contribution in [-0.4, -0.2) is 18.8 Å². The SMILES string of the molecule is CCCCCCOC(=O)C#CC(F)(F)F. The first-order valence-electron chi connectivity index (χ1n) is 4.72. The Bertz CT molecular complexity index is 248. The van der Waals surface area contributed by atoms with Gasteiger partial charge in [-0.3, -0.25) is 0 Å². The van der Waals surface area contributed by atoms with Gasteiger partial charge in [-0.05, 0) is 6.42 Å². The molecule has 0 aliphatic heterocycles. The zero-order chi connectivity index (χ0) is 11.7. The minimum Gasteiger partial charge on any atom is -0.456 e. The molecule has 86 valence electrons. The van der Waals surface area contributed by atoms with Crippen LogP contribution in [-0.2, 0) is 9.53 Å². The third kappa shape index (κ3) is 10.7. The van der Waals surface area contributed by atoms with Crippen LogP contribution in [0.4, 0.5) is 13.2 Å². The van der Waals surface area contributed by atoms with Crippen molar-refractivity contribution in [3.63, 3.8) is 0 Å². The van der Waals surface area contributed by atoms with Crippen molar-refractivity contribution in [1.29, 1.82) is 0 Å². The summed E-state index contributed by atoms with van der Waals surface area (Å²) in [5.74, 6) is 1.11. The Morgan fingerprint density at radius 1 is 1.27 bits per heavy atom. The number of rotatable bonds is 5. The first-order valence-corrected chi connectivity index (χ1v) is 4.72. The van der Waals surface area contributed by atoms with Crippen LogP contribution in [0.2, 0.25) is 0 Å². The van der Waals surface area contributed by atoms with Crippen LogP contribution in [0.15, 0.2) is 0 Å². The van der Waals surface area contributed by atoms with Crippen LogP contribution in [0.25, 0.3) is 0 Å². The van der Waals surface area contributed by atoms with Gasteiger partial charge < -0.3 is 4.74 Å². The lowest BCUT2D eigenvalue weighted by atomic mass is 10.2. The van der Waals surface area contributed by atoms with Crippen LogP contribution in [0.5, 0.6) is 0 Å². The van der Waals surface area contributed by atoms with Gasteiger partial charge in [0.05, 0.1) is 6.61 Å². The van der Waals surface area contributed by atoms with Gasteiger partial charge in [-0.2, -0.15) is 13.2 Å². The van der Waals surface area contributed by atoms with Crippen LogP contribution < -0.4 is 0 Å². The number of hydrogen-bond acceptors (Lipinski definition) is 2. The second-order valence-corrected chi connectivity index (χ2v) is 2.94. The fourth-order valence-electron chi connectivity index (χ4n) is 0.852. The highest BCUT2D eigenvalue weighted by Crippen LogP contribution is 2.11. The monoisotopic (exact) mass is 222 g/mol. The predicted molar refractivity (Wildman–Crippen MR) is 48.9 cm³/mol. The van der Waals surface area contributed by atoms with E-state index in [0.29, 0.717) is 6.42 Å². The van der Waals surface area contributed by atoms with E-state index in [2.05, 4.69) is 4.74 Å². The molecule has 0 bridgehead atoms. The van der Waals surface area contributed by atoms with E-state index in [4.69, 9.17) is 0 Å². The lowest BCUT2D eigenvalue weighted by Gasteiger charge is -1.99. The van der Waals surface area contributed by atoms with Crippen molar-refractivity contribution in [3.8, 4) is 11.8 Å². The summed E-state index contributed by atoms with van der Waals surface area (Å²) in [6.45, 7) is 2.16. The van der Waals surface area contributed by atoms with Crippen molar-refractivity contribution < 1.29 is 22.7 Å². The standard InChI is InChI=1S/C10H13F3O2/c1-2-3-4-5-8-15-9(14)6-7-10(11,12)13/h2-5,8H2,1H3. The number of halogens is 3. The maximum Gasteiger partial charge on any atom is 0.458 e. The molecule has 0 aliphatic carbocycles. The van der Waals surface area contributed by atoms with E-state index in [-0.39, 0.29) is 6.61 Å². The zero-order valence-corrected chi connectivity index (χ0v) is 8.49. The van der Waals surface area contributed by atoms with Crippen molar-refractivity contribution in [3.05, 3.63) is 0 Å². The smallest absolute Gasteiger partial charge is 0.456 e.